The Morgan fingerprint density at radius 1 is 1.23 bits per heavy atom. The van der Waals surface area contributed by atoms with Crippen molar-refractivity contribution in [3.63, 3.8) is 0 Å². The number of carbonyl (C=O) groups is 1. The Morgan fingerprint density at radius 3 is 2.65 bits per heavy atom. The third-order valence-electron chi connectivity index (χ3n) is 3.77. The number of carbonyl (C=O) groups excluding carboxylic acids is 1. The molecule has 2 aromatic heterocycles. The first-order chi connectivity index (χ1) is 12.3. The summed E-state index contributed by atoms with van der Waals surface area (Å²) >= 11 is 11.8. The fourth-order valence-corrected chi connectivity index (χ4v) is 2.74. The first-order valence-corrected chi connectivity index (χ1v) is 8.44. The van der Waals surface area contributed by atoms with Gasteiger partial charge in [-0.05, 0) is 17.7 Å². The molecule has 3 rings (SSSR count). The smallest absolute Gasteiger partial charge is 0.346 e. The van der Waals surface area contributed by atoms with Crippen molar-refractivity contribution >= 4 is 29.1 Å². The average Bonchev–Trinajstić information content (AvgIpc) is 3.14. The lowest BCUT2D eigenvalue weighted by atomic mass is 10.2. The van der Waals surface area contributed by atoms with Crippen molar-refractivity contribution in [2.75, 3.05) is 0 Å². The van der Waals surface area contributed by atoms with Gasteiger partial charge in [0.25, 0.3) is 0 Å². The lowest BCUT2D eigenvalue weighted by molar-refractivity contribution is -0.122. The van der Waals surface area contributed by atoms with E-state index in [0.29, 0.717) is 21.4 Å². The fraction of sp³-hybridized carbons (Fsp3) is 0.250. The highest BCUT2D eigenvalue weighted by atomic mass is 35.5. The average molecular weight is 395 g/mol. The third kappa shape index (κ3) is 3.81. The Balaban J connectivity index is 1.69. The van der Waals surface area contributed by atoms with E-state index in [9.17, 15) is 9.59 Å². The molecule has 0 unspecified atom stereocenters. The summed E-state index contributed by atoms with van der Waals surface area (Å²) in [6.45, 7) is 0.0844. The lowest BCUT2D eigenvalue weighted by Crippen LogP contribution is -2.33. The minimum atomic E-state index is -0.381. The topological polar surface area (TPSA) is 86.7 Å². The fourth-order valence-electron chi connectivity index (χ4n) is 2.42. The van der Waals surface area contributed by atoms with Crippen molar-refractivity contribution in [2.45, 2.75) is 13.1 Å². The van der Waals surface area contributed by atoms with Crippen LogP contribution in [0.3, 0.4) is 0 Å². The van der Waals surface area contributed by atoms with Crippen LogP contribution in [0.1, 0.15) is 5.56 Å². The molecule has 8 nitrogen and oxygen atoms in total. The summed E-state index contributed by atoms with van der Waals surface area (Å²) in [6, 6.07) is 5.11. The zero-order valence-corrected chi connectivity index (χ0v) is 15.6. The molecule has 0 aliphatic heterocycles. The molecule has 136 valence electrons. The van der Waals surface area contributed by atoms with Gasteiger partial charge in [0.15, 0.2) is 5.82 Å². The molecule has 0 atom stereocenters. The van der Waals surface area contributed by atoms with Crippen molar-refractivity contribution < 1.29 is 4.79 Å². The van der Waals surface area contributed by atoms with Gasteiger partial charge in [-0.2, -0.15) is 5.10 Å². The van der Waals surface area contributed by atoms with E-state index >= 15 is 0 Å². The number of amides is 1. The van der Waals surface area contributed by atoms with Crippen LogP contribution in [0.15, 0.2) is 35.4 Å². The molecule has 26 heavy (non-hydrogen) atoms. The summed E-state index contributed by atoms with van der Waals surface area (Å²) < 4.78 is 4.11. The van der Waals surface area contributed by atoms with Gasteiger partial charge >= 0.3 is 5.69 Å². The minimum Gasteiger partial charge on any atom is -0.350 e. The minimum absolute atomic E-state index is 0.186. The van der Waals surface area contributed by atoms with Crippen LogP contribution in [0.25, 0.3) is 11.4 Å². The van der Waals surface area contributed by atoms with Crippen LogP contribution < -0.4 is 11.0 Å². The maximum atomic E-state index is 12.3. The quantitative estimate of drug-likeness (QED) is 0.711. The molecular weight excluding hydrogens is 379 g/mol. The molecule has 10 heteroatoms. The number of halogens is 2. The van der Waals surface area contributed by atoms with E-state index in [1.807, 2.05) is 0 Å². The van der Waals surface area contributed by atoms with Gasteiger partial charge in [0.2, 0.25) is 5.91 Å². The Labute approximate surface area is 158 Å². The summed E-state index contributed by atoms with van der Waals surface area (Å²) in [4.78, 5) is 24.4. The molecule has 0 saturated heterocycles. The Morgan fingerprint density at radius 2 is 2.00 bits per heavy atom. The molecule has 1 N–H and O–H groups in total. The van der Waals surface area contributed by atoms with Crippen molar-refractivity contribution in [1.82, 2.24) is 29.4 Å². The summed E-state index contributed by atoms with van der Waals surface area (Å²) in [7, 11) is 3.37. The van der Waals surface area contributed by atoms with Gasteiger partial charge in [-0.25, -0.2) is 9.48 Å². The molecule has 1 aromatic carbocycles. The largest absolute Gasteiger partial charge is 0.350 e. The summed E-state index contributed by atoms with van der Waals surface area (Å²) in [5, 5.41) is 11.9. The van der Waals surface area contributed by atoms with Crippen LogP contribution in [0.5, 0.6) is 0 Å². The van der Waals surface area contributed by atoms with Gasteiger partial charge in [-0.1, -0.05) is 29.3 Å². The first kappa shape index (κ1) is 18.2. The first-order valence-electron chi connectivity index (χ1n) is 7.68. The van der Waals surface area contributed by atoms with Gasteiger partial charge in [-0.3, -0.25) is 14.0 Å². The van der Waals surface area contributed by atoms with Crippen molar-refractivity contribution in [3.05, 3.63) is 56.7 Å². The molecule has 1 amide bonds. The van der Waals surface area contributed by atoms with Crippen LogP contribution in [-0.2, 0) is 32.0 Å². The van der Waals surface area contributed by atoms with Crippen LogP contribution in [0.4, 0.5) is 0 Å². The molecule has 0 saturated carbocycles. The van der Waals surface area contributed by atoms with E-state index < -0.39 is 0 Å². The number of hydrogen-bond donors (Lipinski definition) is 1. The van der Waals surface area contributed by atoms with Crippen molar-refractivity contribution in [2.24, 2.45) is 14.1 Å². The predicted molar refractivity (Wildman–Crippen MR) is 98.0 cm³/mol. The Kier molecular flexibility index (Phi) is 5.15. The number of nitrogens with one attached hydrogen (secondary N) is 1. The monoisotopic (exact) mass is 394 g/mol. The highest BCUT2D eigenvalue weighted by Gasteiger charge is 2.15. The highest BCUT2D eigenvalue weighted by molar-refractivity contribution is 6.42. The molecule has 0 spiro atoms. The second kappa shape index (κ2) is 7.35. The molecule has 0 bridgehead atoms. The molecule has 2 heterocycles. The van der Waals surface area contributed by atoms with E-state index in [1.165, 1.54) is 4.57 Å². The number of hydrogen-bond acceptors (Lipinski definition) is 4. The van der Waals surface area contributed by atoms with Gasteiger partial charge < -0.3 is 5.32 Å². The molecular formula is C16H16Cl2N6O2. The van der Waals surface area contributed by atoms with Crippen LogP contribution in [0.2, 0.25) is 10.0 Å². The molecule has 0 aliphatic rings. The van der Waals surface area contributed by atoms with E-state index in [2.05, 4.69) is 15.5 Å². The summed E-state index contributed by atoms with van der Waals surface area (Å²) in [6.07, 6.45) is 3.35. The molecule has 0 aliphatic carbocycles. The van der Waals surface area contributed by atoms with Crippen LogP contribution in [-0.4, -0.2) is 30.0 Å². The zero-order chi connectivity index (χ0) is 18.8. The standard InChI is InChI=1S/C16H16Cl2N6O2/c1-22-8-11(7-20-22)15-21-24(16(26)23(15)2)9-14(25)19-6-10-3-4-12(17)13(18)5-10/h3-5,7-8H,6,9H2,1-2H3,(H,19,25). The van der Waals surface area contributed by atoms with Gasteiger partial charge in [0, 0.05) is 26.8 Å². The molecule has 3 aromatic rings. The Bertz CT molecular complexity index is 1020. The molecule has 0 fully saturated rings. The van der Waals surface area contributed by atoms with E-state index in [4.69, 9.17) is 23.2 Å². The second-order valence-electron chi connectivity index (χ2n) is 5.75. The van der Waals surface area contributed by atoms with Crippen LogP contribution in [0, 0.1) is 0 Å². The van der Waals surface area contributed by atoms with Gasteiger partial charge in [0.1, 0.15) is 6.54 Å². The lowest BCUT2D eigenvalue weighted by Gasteiger charge is -2.06. The zero-order valence-electron chi connectivity index (χ0n) is 14.1. The van der Waals surface area contributed by atoms with Crippen LogP contribution >= 0.6 is 23.2 Å². The number of rotatable bonds is 5. The van der Waals surface area contributed by atoms with Crippen molar-refractivity contribution in [1.29, 1.82) is 0 Å². The SMILES string of the molecule is Cn1cc(-c2nn(CC(=O)NCc3ccc(Cl)c(Cl)c3)c(=O)n2C)cn1. The number of aryl methyl sites for hydroxylation is 1. The maximum absolute atomic E-state index is 12.3. The van der Waals surface area contributed by atoms with E-state index in [1.54, 1.807) is 49.4 Å². The second-order valence-corrected chi connectivity index (χ2v) is 6.57. The van der Waals surface area contributed by atoms with Gasteiger partial charge in [-0.15, -0.1) is 5.10 Å². The van der Waals surface area contributed by atoms with Gasteiger partial charge in [0.05, 0.1) is 21.8 Å². The van der Waals surface area contributed by atoms with E-state index in [0.717, 1.165) is 10.2 Å². The highest BCUT2D eigenvalue weighted by Crippen LogP contribution is 2.22. The van der Waals surface area contributed by atoms with E-state index in [-0.39, 0.29) is 24.7 Å². The number of nitrogens with zero attached hydrogens (tertiary/aromatic N) is 5. The molecule has 0 radical (unpaired) electrons. The third-order valence-corrected chi connectivity index (χ3v) is 4.51. The number of benzene rings is 1. The maximum Gasteiger partial charge on any atom is 0.346 e. The Hall–Kier alpha value is -2.58. The predicted octanol–water partition coefficient (Wildman–Crippen LogP) is 1.61. The summed E-state index contributed by atoms with van der Waals surface area (Å²) in [5.74, 6) is 0.106. The summed E-state index contributed by atoms with van der Waals surface area (Å²) in [5.41, 5.74) is 1.12. The normalized spacial score (nSPS) is 10.9. The van der Waals surface area contributed by atoms with Crippen molar-refractivity contribution in [3.8, 4) is 11.4 Å². The number of aromatic nitrogens is 5.